The Morgan fingerprint density at radius 1 is 1.24 bits per heavy atom. The van der Waals surface area contributed by atoms with E-state index in [0.717, 1.165) is 3.58 Å². The summed E-state index contributed by atoms with van der Waals surface area (Å²) in [7, 11) is 0. The molecule has 0 aromatic heterocycles. The monoisotopic (exact) mass is 410 g/mol. The first-order valence-corrected chi connectivity index (χ1v) is 7.92. The van der Waals surface area contributed by atoms with E-state index in [9.17, 15) is 14.4 Å². The van der Waals surface area contributed by atoms with Crippen molar-refractivity contribution >= 4 is 40.5 Å². The number of rotatable bonds is 6. The van der Waals surface area contributed by atoms with Crippen LogP contribution in [0.25, 0.3) is 0 Å². The number of carbonyl (C=O) groups excluding carboxylic acids is 3. The number of esters is 3. The molecule has 1 saturated heterocycles. The van der Waals surface area contributed by atoms with E-state index in [0.29, 0.717) is 12.0 Å². The average molecular weight is 410 g/mol. The molecule has 1 aliphatic heterocycles. The molecule has 0 radical (unpaired) electrons. The highest BCUT2D eigenvalue weighted by Gasteiger charge is 2.48. The molecule has 6 nitrogen and oxygen atoms in total. The van der Waals surface area contributed by atoms with Gasteiger partial charge < -0.3 is 14.2 Å². The summed E-state index contributed by atoms with van der Waals surface area (Å²) in [4.78, 5) is 36.2. The summed E-state index contributed by atoms with van der Waals surface area (Å²) in [5, 5.41) is 0. The van der Waals surface area contributed by atoms with Gasteiger partial charge in [0.1, 0.15) is 12.5 Å². The van der Waals surface area contributed by atoms with Crippen molar-refractivity contribution in [3.63, 3.8) is 0 Å². The van der Waals surface area contributed by atoms with Gasteiger partial charge in [0, 0.05) is 0 Å². The van der Waals surface area contributed by atoms with Crippen LogP contribution in [0.2, 0.25) is 0 Å². The summed E-state index contributed by atoms with van der Waals surface area (Å²) in [5.74, 6) is -4.34. The number of allylic oxidation sites excluding steroid dienone is 1. The van der Waals surface area contributed by atoms with E-state index in [1.165, 1.54) is 0 Å². The van der Waals surface area contributed by atoms with Gasteiger partial charge >= 0.3 is 17.9 Å². The van der Waals surface area contributed by atoms with Crippen LogP contribution < -0.4 is 0 Å². The molecule has 1 heterocycles. The van der Waals surface area contributed by atoms with Crippen LogP contribution in [0.15, 0.2) is 9.15 Å². The Kier molecular flexibility index (Phi) is 7.13. The molecular formula is C14H19IO6. The molecule has 1 aliphatic rings. The zero-order valence-electron chi connectivity index (χ0n) is 12.3. The second-order valence-electron chi connectivity index (χ2n) is 4.35. The molecular weight excluding hydrogens is 391 g/mol. The van der Waals surface area contributed by atoms with Gasteiger partial charge in [-0.05, 0) is 52.0 Å². The van der Waals surface area contributed by atoms with Crippen LogP contribution >= 0.6 is 22.6 Å². The molecule has 0 N–H and O–H groups in total. The van der Waals surface area contributed by atoms with Gasteiger partial charge in [0.15, 0.2) is 5.92 Å². The quantitative estimate of drug-likeness (QED) is 0.289. The minimum absolute atomic E-state index is 0.102. The highest BCUT2D eigenvalue weighted by Crippen LogP contribution is 2.35. The van der Waals surface area contributed by atoms with Crippen molar-refractivity contribution in [1.29, 1.82) is 0 Å². The first-order valence-electron chi connectivity index (χ1n) is 6.85. The Hall–Kier alpha value is -1.12. The second kappa shape index (κ2) is 8.35. The van der Waals surface area contributed by atoms with Crippen LogP contribution in [0.3, 0.4) is 0 Å². The topological polar surface area (TPSA) is 78.9 Å². The molecule has 0 bridgehead atoms. The van der Waals surface area contributed by atoms with Crippen molar-refractivity contribution in [2.75, 3.05) is 19.8 Å². The minimum atomic E-state index is -1.30. The lowest BCUT2D eigenvalue weighted by atomic mass is 9.87. The summed E-state index contributed by atoms with van der Waals surface area (Å²) in [6.07, 6.45) is 0.696. The molecule has 1 unspecified atom stereocenters. The molecule has 0 aromatic carbocycles. The van der Waals surface area contributed by atoms with Gasteiger partial charge in [0.05, 0.1) is 13.2 Å². The largest absolute Gasteiger partial charge is 0.465 e. The van der Waals surface area contributed by atoms with Crippen LogP contribution in [0, 0.1) is 11.8 Å². The fourth-order valence-electron chi connectivity index (χ4n) is 2.11. The van der Waals surface area contributed by atoms with Gasteiger partial charge in [-0.1, -0.05) is 6.92 Å². The predicted molar refractivity (Wildman–Crippen MR) is 82.5 cm³/mol. The van der Waals surface area contributed by atoms with Crippen molar-refractivity contribution in [1.82, 2.24) is 0 Å². The Morgan fingerprint density at radius 2 is 1.76 bits per heavy atom. The van der Waals surface area contributed by atoms with E-state index in [4.69, 9.17) is 14.2 Å². The van der Waals surface area contributed by atoms with Crippen LogP contribution in [0.5, 0.6) is 0 Å². The molecule has 1 atom stereocenters. The molecule has 0 aromatic rings. The van der Waals surface area contributed by atoms with Crippen molar-refractivity contribution < 1.29 is 28.6 Å². The third-order valence-electron chi connectivity index (χ3n) is 3.07. The maximum absolute atomic E-state index is 12.1. The van der Waals surface area contributed by atoms with E-state index in [1.54, 1.807) is 13.8 Å². The standard InChI is InChI=1S/C14H19IO6/c1-4-9(15)8-7-21-12(16)10(8)11(13(17)19-5-2)14(18)20-6-3/h10-11H,4-7H2,1-3H3/b9-8-. The van der Waals surface area contributed by atoms with Crippen LogP contribution in [-0.2, 0) is 28.6 Å². The van der Waals surface area contributed by atoms with Crippen molar-refractivity contribution in [2.45, 2.75) is 27.2 Å². The fraction of sp³-hybridized carbons (Fsp3) is 0.643. The Bertz CT molecular complexity index is 438. The van der Waals surface area contributed by atoms with Gasteiger partial charge in [0.25, 0.3) is 0 Å². The molecule has 21 heavy (non-hydrogen) atoms. The first kappa shape index (κ1) is 17.9. The molecule has 0 saturated carbocycles. The van der Waals surface area contributed by atoms with Crippen LogP contribution in [-0.4, -0.2) is 37.7 Å². The number of hydrogen-bond donors (Lipinski definition) is 0. The highest BCUT2D eigenvalue weighted by molar-refractivity contribution is 14.1. The van der Waals surface area contributed by atoms with E-state index in [2.05, 4.69) is 22.6 Å². The number of cyclic esters (lactones) is 1. The summed E-state index contributed by atoms with van der Waals surface area (Å²) in [6.45, 7) is 5.56. The van der Waals surface area contributed by atoms with Crippen LogP contribution in [0.1, 0.15) is 27.2 Å². The van der Waals surface area contributed by atoms with Gasteiger partial charge in [-0.2, -0.15) is 0 Å². The number of halogens is 1. The van der Waals surface area contributed by atoms with Crippen LogP contribution in [0.4, 0.5) is 0 Å². The molecule has 0 spiro atoms. The van der Waals surface area contributed by atoms with Crippen molar-refractivity contribution in [2.24, 2.45) is 11.8 Å². The minimum Gasteiger partial charge on any atom is -0.465 e. The van der Waals surface area contributed by atoms with E-state index >= 15 is 0 Å². The van der Waals surface area contributed by atoms with Gasteiger partial charge in [-0.3, -0.25) is 14.4 Å². The maximum Gasteiger partial charge on any atom is 0.321 e. The molecule has 7 heteroatoms. The number of hydrogen-bond acceptors (Lipinski definition) is 6. The third-order valence-corrected chi connectivity index (χ3v) is 4.53. The van der Waals surface area contributed by atoms with Crippen molar-refractivity contribution in [3.05, 3.63) is 9.15 Å². The Labute approximate surface area is 137 Å². The lowest BCUT2D eigenvalue weighted by Crippen LogP contribution is -2.37. The average Bonchev–Trinajstić information content (AvgIpc) is 2.81. The summed E-state index contributed by atoms with van der Waals surface area (Å²) >= 11 is 2.10. The third kappa shape index (κ3) is 4.18. The first-order chi connectivity index (χ1) is 9.97. The van der Waals surface area contributed by atoms with E-state index < -0.39 is 29.7 Å². The summed E-state index contributed by atoms with van der Waals surface area (Å²) < 4.78 is 15.8. The number of ether oxygens (including phenoxy) is 3. The fourth-order valence-corrected chi connectivity index (χ4v) is 2.61. The normalized spacial score (nSPS) is 20.2. The molecule has 0 aliphatic carbocycles. The smallest absolute Gasteiger partial charge is 0.321 e. The zero-order valence-corrected chi connectivity index (χ0v) is 14.5. The van der Waals surface area contributed by atoms with Gasteiger partial charge in [-0.25, -0.2) is 0 Å². The lowest BCUT2D eigenvalue weighted by Gasteiger charge is -2.19. The summed E-state index contributed by atoms with van der Waals surface area (Å²) in [6, 6.07) is 0. The van der Waals surface area contributed by atoms with Crippen molar-refractivity contribution in [3.8, 4) is 0 Å². The lowest BCUT2D eigenvalue weighted by molar-refractivity contribution is -0.167. The second-order valence-corrected chi connectivity index (χ2v) is 5.65. The van der Waals surface area contributed by atoms with Gasteiger partial charge in [0.2, 0.25) is 0 Å². The van der Waals surface area contributed by atoms with Gasteiger partial charge in [-0.15, -0.1) is 0 Å². The molecule has 0 amide bonds. The molecule has 1 fully saturated rings. The Morgan fingerprint density at radius 3 is 2.19 bits per heavy atom. The molecule has 118 valence electrons. The Balaban J connectivity index is 3.19. The highest BCUT2D eigenvalue weighted by atomic mass is 127. The predicted octanol–water partition coefficient (Wildman–Crippen LogP) is 2.00. The van der Waals surface area contributed by atoms with E-state index in [1.807, 2.05) is 6.92 Å². The summed E-state index contributed by atoms with van der Waals surface area (Å²) in [5.41, 5.74) is 0.661. The molecule has 1 rings (SSSR count). The zero-order chi connectivity index (χ0) is 16.0. The number of carbonyl (C=O) groups is 3. The maximum atomic E-state index is 12.1. The van der Waals surface area contributed by atoms with E-state index in [-0.39, 0.29) is 19.8 Å². The SMILES string of the molecule is CCOC(=O)C(C(=O)OCC)C1C(=O)OC/C1=C(/I)CC.